The number of fused-ring (bicyclic) bond motifs is 1. The zero-order valence-electron chi connectivity index (χ0n) is 15.1. The van der Waals surface area contributed by atoms with Crippen LogP contribution in [-0.2, 0) is 11.3 Å². The summed E-state index contributed by atoms with van der Waals surface area (Å²) < 4.78 is 2.26. The Bertz CT molecular complexity index is 560. The van der Waals surface area contributed by atoms with Gasteiger partial charge in [0.1, 0.15) is 5.82 Å². The molecule has 1 aliphatic rings. The van der Waals surface area contributed by atoms with Gasteiger partial charge >= 0.3 is 0 Å². The Labute approximate surface area is 139 Å². The maximum absolute atomic E-state index is 7.07. The summed E-state index contributed by atoms with van der Waals surface area (Å²) in [5.74, 6) is 2.77. The zero-order valence-corrected chi connectivity index (χ0v) is 15.1. The normalized spacial score (nSPS) is 20.3. The number of rotatable bonds is 2. The van der Waals surface area contributed by atoms with E-state index in [-0.39, 0.29) is 0 Å². The monoisotopic (exact) mass is 321 g/mol. The molecular formula is C18H31N3O2. The van der Waals surface area contributed by atoms with Gasteiger partial charge in [-0.05, 0) is 25.2 Å². The molecule has 0 unspecified atom stereocenters. The van der Waals surface area contributed by atoms with E-state index in [9.17, 15) is 0 Å². The number of imidazole rings is 1. The highest BCUT2D eigenvalue weighted by atomic mass is 17.1. The van der Waals surface area contributed by atoms with Crippen LogP contribution in [0.2, 0.25) is 0 Å². The highest BCUT2D eigenvalue weighted by Crippen LogP contribution is 2.35. The van der Waals surface area contributed by atoms with Gasteiger partial charge in [0.25, 0.3) is 0 Å². The van der Waals surface area contributed by atoms with Gasteiger partial charge in [-0.2, -0.15) is 0 Å². The van der Waals surface area contributed by atoms with Crippen LogP contribution in [0, 0.1) is 5.92 Å². The lowest BCUT2D eigenvalue weighted by molar-refractivity contribution is -0.214. The van der Waals surface area contributed by atoms with Gasteiger partial charge in [-0.1, -0.05) is 40.5 Å². The first-order valence-electron chi connectivity index (χ1n) is 8.69. The van der Waals surface area contributed by atoms with Crippen LogP contribution >= 0.6 is 0 Å². The smallest absolute Gasteiger partial charge is 0.116 e. The van der Waals surface area contributed by atoms with Crippen molar-refractivity contribution in [3.8, 4) is 0 Å². The molecule has 0 spiro atoms. The second-order valence-corrected chi connectivity index (χ2v) is 5.74. The van der Waals surface area contributed by atoms with Gasteiger partial charge < -0.3 is 4.40 Å². The van der Waals surface area contributed by atoms with E-state index in [1.807, 2.05) is 26.2 Å². The second kappa shape index (κ2) is 10.3. The quantitative estimate of drug-likeness (QED) is 0.642. The number of hydrogen-bond donors (Lipinski definition) is 1. The summed E-state index contributed by atoms with van der Waals surface area (Å²) in [5.41, 5.74) is 2.34. The molecule has 0 amide bonds. The topological polar surface area (TPSA) is 59.7 Å². The predicted octanol–water partition coefficient (Wildman–Crippen LogP) is 4.72. The van der Waals surface area contributed by atoms with Gasteiger partial charge in [0.2, 0.25) is 0 Å². The first kappa shape index (κ1) is 19.6. The summed E-state index contributed by atoms with van der Waals surface area (Å²) >= 11 is 0. The molecule has 0 aliphatic heterocycles. The third kappa shape index (κ3) is 5.01. The van der Waals surface area contributed by atoms with Gasteiger partial charge in [-0.25, -0.2) is 9.87 Å². The molecule has 1 N–H and O–H groups in total. The van der Waals surface area contributed by atoms with Gasteiger partial charge in [0.15, 0.2) is 0 Å². The molecule has 2 heterocycles. The van der Waals surface area contributed by atoms with Gasteiger partial charge in [-0.3, -0.25) is 10.2 Å². The summed E-state index contributed by atoms with van der Waals surface area (Å²) in [7, 11) is 1.18. The molecule has 3 rings (SSSR count). The molecule has 5 nitrogen and oxygen atoms in total. The maximum atomic E-state index is 7.07. The third-order valence-corrected chi connectivity index (χ3v) is 4.28. The van der Waals surface area contributed by atoms with Crippen molar-refractivity contribution < 1.29 is 10.1 Å². The van der Waals surface area contributed by atoms with E-state index < -0.39 is 0 Å². The van der Waals surface area contributed by atoms with E-state index in [4.69, 9.17) is 5.26 Å². The molecule has 0 radical (unpaired) electrons. The van der Waals surface area contributed by atoms with E-state index in [1.165, 1.54) is 44.1 Å². The van der Waals surface area contributed by atoms with Crippen LogP contribution in [0.4, 0.5) is 0 Å². The second-order valence-electron chi connectivity index (χ2n) is 5.74. The minimum atomic E-state index is 0.635. The van der Waals surface area contributed by atoms with Crippen molar-refractivity contribution >= 4 is 5.52 Å². The lowest BCUT2D eigenvalue weighted by Gasteiger charge is -2.25. The van der Waals surface area contributed by atoms with Gasteiger partial charge in [-0.15, -0.1) is 0 Å². The summed E-state index contributed by atoms with van der Waals surface area (Å²) in [6.07, 6.45) is 12.2. The Balaban J connectivity index is 0.000000477. The third-order valence-electron chi connectivity index (χ3n) is 4.28. The molecule has 0 bridgehead atoms. The minimum Gasteiger partial charge on any atom is -0.300 e. The predicted molar refractivity (Wildman–Crippen MR) is 93.7 cm³/mol. The lowest BCUT2D eigenvalue weighted by Crippen LogP contribution is -2.13. The fourth-order valence-electron chi connectivity index (χ4n) is 3.09. The molecule has 2 aromatic heterocycles. The van der Waals surface area contributed by atoms with Crippen molar-refractivity contribution in [2.75, 3.05) is 7.11 Å². The number of hydrogen-bond acceptors (Lipinski definition) is 4. The molecule has 1 aliphatic carbocycles. The van der Waals surface area contributed by atoms with E-state index in [2.05, 4.69) is 39.3 Å². The van der Waals surface area contributed by atoms with Crippen LogP contribution in [-0.4, -0.2) is 26.7 Å². The zero-order chi connectivity index (χ0) is 17.2. The summed E-state index contributed by atoms with van der Waals surface area (Å²) in [5, 5.41) is 7.07. The van der Waals surface area contributed by atoms with Crippen LogP contribution in [0.1, 0.15) is 70.8 Å². The minimum absolute atomic E-state index is 0.635. The molecule has 23 heavy (non-hydrogen) atoms. The number of nitrogens with zero attached hydrogens (tertiary/aromatic N) is 3. The highest BCUT2D eigenvalue weighted by Gasteiger charge is 2.23. The Hall–Kier alpha value is -1.46. The Morgan fingerprint density at radius 2 is 1.83 bits per heavy atom. The van der Waals surface area contributed by atoms with Crippen molar-refractivity contribution in [3.63, 3.8) is 0 Å². The molecule has 0 saturated heterocycles. The van der Waals surface area contributed by atoms with Crippen LogP contribution in [0.15, 0.2) is 18.6 Å². The summed E-state index contributed by atoms with van der Waals surface area (Å²) in [6.45, 7) is 8.51. The fourth-order valence-corrected chi connectivity index (χ4v) is 3.09. The van der Waals surface area contributed by atoms with E-state index >= 15 is 0 Å². The summed E-state index contributed by atoms with van der Waals surface area (Å²) in [6, 6.07) is 0. The largest absolute Gasteiger partial charge is 0.300 e. The SMILES string of the molecule is CC.CCc1nccn2c(C3CCC(C)CC3)ncc12.COO. The Morgan fingerprint density at radius 3 is 2.39 bits per heavy atom. The summed E-state index contributed by atoms with van der Waals surface area (Å²) in [4.78, 5) is 12.4. The molecular weight excluding hydrogens is 290 g/mol. The van der Waals surface area contributed by atoms with Crippen LogP contribution in [0.5, 0.6) is 0 Å². The first-order chi connectivity index (χ1) is 11.2. The first-order valence-corrected chi connectivity index (χ1v) is 8.69. The molecule has 1 saturated carbocycles. The molecule has 1 fully saturated rings. The highest BCUT2D eigenvalue weighted by molar-refractivity contribution is 5.51. The number of aryl methyl sites for hydroxylation is 1. The molecule has 0 aromatic carbocycles. The average molecular weight is 321 g/mol. The Morgan fingerprint density at radius 1 is 1.22 bits per heavy atom. The van der Waals surface area contributed by atoms with Crippen molar-refractivity contribution in [2.24, 2.45) is 5.92 Å². The van der Waals surface area contributed by atoms with Gasteiger partial charge in [0.05, 0.1) is 24.5 Å². The van der Waals surface area contributed by atoms with Gasteiger partial charge in [0, 0.05) is 18.3 Å². The van der Waals surface area contributed by atoms with Crippen molar-refractivity contribution in [1.82, 2.24) is 14.4 Å². The van der Waals surface area contributed by atoms with Crippen molar-refractivity contribution in [1.29, 1.82) is 0 Å². The molecule has 0 atom stereocenters. The Kier molecular flexibility index (Phi) is 8.81. The molecule has 5 heteroatoms. The van der Waals surface area contributed by atoms with Crippen LogP contribution < -0.4 is 0 Å². The lowest BCUT2D eigenvalue weighted by atomic mass is 9.82. The molecule has 130 valence electrons. The standard InChI is InChI=1S/C15H21N3.C2H6.CH4O2/c1-3-13-14-10-17-15(18(14)9-8-16-13)12-6-4-11(2)5-7-12;1-2;1-3-2/h8-12H,3-7H2,1-2H3;1-2H3;2H,1H3. The average Bonchev–Trinajstić information content (AvgIpc) is 3.02. The van der Waals surface area contributed by atoms with Crippen molar-refractivity contribution in [2.45, 2.75) is 65.7 Å². The fraction of sp³-hybridized carbons (Fsp3) is 0.667. The molecule has 2 aromatic rings. The van der Waals surface area contributed by atoms with E-state index in [0.717, 1.165) is 18.0 Å². The maximum Gasteiger partial charge on any atom is 0.116 e. The van der Waals surface area contributed by atoms with Crippen LogP contribution in [0.3, 0.4) is 0 Å². The van der Waals surface area contributed by atoms with E-state index in [1.54, 1.807) is 0 Å². The van der Waals surface area contributed by atoms with Crippen LogP contribution in [0.25, 0.3) is 5.52 Å². The van der Waals surface area contributed by atoms with Crippen molar-refractivity contribution in [3.05, 3.63) is 30.1 Å². The van der Waals surface area contributed by atoms with E-state index in [0.29, 0.717) is 5.92 Å². The number of aromatic nitrogens is 3.